The maximum Gasteiger partial charge on any atom is 0.0594 e. The zero-order chi connectivity index (χ0) is 9.76. The molecule has 0 spiro atoms. The predicted molar refractivity (Wildman–Crippen MR) is 56.9 cm³/mol. The van der Waals surface area contributed by atoms with Crippen LogP contribution in [0, 0.1) is 23.2 Å². The van der Waals surface area contributed by atoms with Crippen LogP contribution in [0.25, 0.3) is 0 Å². The van der Waals surface area contributed by atoms with E-state index >= 15 is 0 Å². The molecule has 4 aliphatic carbocycles. The van der Waals surface area contributed by atoms with Gasteiger partial charge in [-0.25, -0.2) is 0 Å². The van der Waals surface area contributed by atoms with Crippen LogP contribution in [0.5, 0.6) is 0 Å². The molecule has 4 aliphatic rings. The third-order valence-electron chi connectivity index (χ3n) is 5.18. The third kappa shape index (κ3) is 1.18. The summed E-state index contributed by atoms with van der Waals surface area (Å²) in [6, 6.07) is 0. The van der Waals surface area contributed by atoms with E-state index in [1.165, 1.54) is 38.5 Å². The molecule has 80 valence electrons. The van der Waals surface area contributed by atoms with Crippen molar-refractivity contribution in [3.8, 4) is 0 Å². The Kier molecular flexibility index (Phi) is 1.96. The summed E-state index contributed by atoms with van der Waals surface area (Å²) in [5.74, 6) is 2.92. The van der Waals surface area contributed by atoms with Crippen LogP contribution in [-0.4, -0.2) is 11.2 Å². The highest BCUT2D eigenvalue weighted by Crippen LogP contribution is 2.61. The largest absolute Gasteiger partial charge is 0.393 e. The van der Waals surface area contributed by atoms with E-state index < -0.39 is 0 Å². The van der Waals surface area contributed by atoms with Gasteiger partial charge >= 0.3 is 0 Å². The molecule has 0 amide bonds. The molecule has 14 heavy (non-hydrogen) atoms. The normalized spacial score (nSPS) is 52.3. The molecule has 0 radical (unpaired) electrons. The third-order valence-corrected chi connectivity index (χ3v) is 5.18. The minimum atomic E-state index is -0.00380. The lowest BCUT2D eigenvalue weighted by Gasteiger charge is -2.58. The first-order valence-electron chi connectivity index (χ1n) is 6.40. The summed E-state index contributed by atoms with van der Waals surface area (Å²) < 4.78 is 0. The van der Waals surface area contributed by atoms with E-state index in [9.17, 15) is 5.11 Å². The van der Waals surface area contributed by atoms with Crippen molar-refractivity contribution in [2.75, 3.05) is 0 Å². The highest BCUT2D eigenvalue weighted by molar-refractivity contribution is 5.03. The molecule has 1 nitrogen and oxygen atoms in total. The second-order valence-corrected chi connectivity index (χ2v) is 6.20. The molecule has 0 aromatic carbocycles. The summed E-state index contributed by atoms with van der Waals surface area (Å²) in [5.41, 5.74) is 0.365. The van der Waals surface area contributed by atoms with E-state index in [0.29, 0.717) is 5.41 Å². The zero-order valence-electron chi connectivity index (χ0n) is 9.21. The Labute approximate surface area is 86.9 Å². The highest BCUT2D eigenvalue weighted by Gasteiger charge is 2.53. The predicted octanol–water partition coefficient (Wildman–Crippen LogP) is 2.97. The van der Waals surface area contributed by atoms with E-state index in [-0.39, 0.29) is 6.10 Å². The molecule has 4 bridgehead atoms. The van der Waals surface area contributed by atoms with Gasteiger partial charge in [0, 0.05) is 0 Å². The summed E-state index contributed by atoms with van der Waals surface area (Å²) in [6.07, 6.45) is 9.43. The van der Waals surface area contributed by atoms with Gasteiger partial charge in [-0.1, -0.05) is 6.92 Å². The lowest BCUT2D eigenvalue weighted by atomic mass is 9.48. The minimum Gasteiger partial charge on any atom is -0.393 e. The molecule has 0 aliphatic heterocycles. The van der Waals surface area contributed by atoms with Crippen molar-refractivity contribution in [1.82, 2.24) is 0 Å². The van der Waals surface area contributed by atoms with E-state index in [1.807, 2.05) is 0 Å². The standard InChI is InChI=1S/C13H22O/c1-2-12(14)13-6-9-3-10(7-13)5-11(4-9)8-13/h9-12,14H,2-8H2,1H3/t9?,10?,11?,12-,13?/m1/s1. The van der Waals surface area contributed by atoms with Crippen LogP contribution in [0.15, 0.2) is 0 Å². The smallest absolute Gasteiger partial charge is 0.0594 e. The van der Waals surface area contributed by atoms with Crippen LogP contribution in [0.2, 0.25) is 0 Å². The Hall–Kier alpha value is -0.0400. The van der Waals surface area contributed by atoms with Crippen LogP contribution >= 0.6 is 0 Å². The average molecular weight is 194 g/mol. The first-order valence-corrected chi connectivity index (χ1v) is 6.40. The molecule has 4 saturated carbocycles. The second-order valence-electron chi connectivity index (χ2n) is 6.20. The number of hydrogen-bond acceptors (Lipinski definition) is 1. The molecule has 0 aromatic rings. The molecule has 1 heteroatoms. The van der Waals surface area contributed by atoms with Gasteiger partial charge < -0.3 is 5.11 Å². The number of aliphatic hydroxyl groups excluding tert-OH is 1. The Morgan fingerprint density at radius 1 is 1.07 bits per heavy atom. The summed E-state index contributed by atoms with van der Waals surface area (Å²) in [6.45, 7) is 2.14. The molecule has 1 atom stereocenters. The van der Waals surface area contributed by atoms with Crippen molar-refractivity contribution in [1.29, 1.82) is 0 Å². The molecule has 0 unspecified atom stereocenters. The second kappa shape index (κ2) is 2.98. The van der Waals surface area contributed by atoms with Crippen LogP contribution in [0.3, 0.4) is 0 Å². The molecule has 1 N–H and O–H groups in total. The molecular weight excluding hydrogens is 172 g/mol. The summed E-state index contributed by atoms with van der Waals surface area (Å²) in [7, 11) is 0. The van der Waals surface area contributed by atoms with Gasteiger partial charge in [-0.3, -0.25) is 0 Å². The highest BCUT2D eigenvalue weighted by atomic mass is 16.3. The summed E-state index contributed by atoms with van der Waals surface area (Å²) >= 11 is 0. The van der Waals surface area contributed by atoms with Crippen molar-refractivity contribution in [2.45, 2.75) is 58.0 Å². The molecule has 0 aromatic heterocycles. The van der Waals surface area contributed by atoms with Gasteiger partial charge in [0.15, 0.2) is 0 Å². The van der Waals surface area contributed by atoms with Crippen molar-refractivity contribution in [2.24, 2.45) is 23.2 Å². The first-order chi connectivity index (χ1) is 6.72. The fraction of sp³-hybridized carbons (Fsp3) is 1.00. The van der Waals surface area contributed by atoms with E-state index in [1.54, 1.807) is 0 Å². The van der Waals surface area contributed by atoms with Crippen LogP contribution in [-0.2, 0) is 0 Å². The fourth-order valence-corrected chi connectivity index (χ4v) is 5.02. The number of rotatable bonds is 2. The van der Waals surface area contributed by atoms with Gasteiger partial charge in [-0.05, 0) is 68.1 Å². The van der Waals surface area contributed by atoms with Crippen molar-refractivity contribution >= 4 is 0 Å². The van der Waals surface area contributed by atoms with Gasteiger partial charge in [0.1, 0.15) is 0 Å². The maximum absolute atomic E-state index is 10.2. The summed E-state index contributed by atoms with van der Waals surface area (Å²) in [5, 5.41) is 10.2. The van der Waals surface area contributed by atoms with E-state index in [0.717, 1.165) is 24.2 Å². The average Bonchev–Trinajstić information content (AvgIpc) is 2.14. The Balaban J connectivity index is 1.87. The van der Waals surface area contributed by atoms with Gasteiger partial charge in [0.05, 0.1) is 6.10 Å². The molecule has 4 rings (SSSR count). The lowest BCUT2D eigenvalue weighted by Crippen LogP contribution is -2.51. The Bertz CT molecular complexity index is 198. The van der Waals surface area contributed by atoms with Crippen LogP contribution in [0.4, 0.5) is 0 Å². The van der Waals surface area contributed by atoms with Gasteiger partial charge in [-0.2, -0.15) is 0 Å². The van der Waals surface area contributed by atoms with E-state index in [2.05, 4.69) is 6.92 Å². The molecule has 0 heterocycles. The summed E-state index contributed by atoms with van der Waals surface area (Å²) in [4.78, 5) is 0. The SMILES string of the molecule is CC[C@@H](O)C12CC3CC(CC(C3)C1)C2. The topological polar surface area (TPSA) is 20.2 Å². The van der Waals surface area contributed by atoms with Gasteiger partial charge in [0.2, 0.25) is 0 Å². The molecular formula is C13H22O. The van der Waals surface area contributed by atoms with Crippen molar-refractivity contribution < 1.29 is 5.11 Å². The maximum atomic E-state index is 10.2. The Morgan fingerprint density at radius 2 is 1.50 bits per heavy atom. The first kappa shape index (κ1) is 9.21. The fourth-order valence-electron chi connectivity index (χ4n) is 5.02. The zero-order valence-corrected chi connectivity index (χ0v) is 9.21. The van der Waals surface area contributed by atoms with Crippen LogP contribution in [0.1, 0.15) is 51.9 Å². The molecule has 4 fully saturated rings. The van der Waals surface area contributed by atoms with Gasteiger partial charge in [-0.15, -0.1) is 0 Å². The monoisotopic (exact) mass is 194 g/mol. The minimum absolute atomic E-state index is 0.00380. The Morgan fingerprint density at radius 3 is 1.86 bits per heavy atom. The molecule has 0 saturated heterocycles. The lowest BCUT2D eigenvalue weighted by molar-refractivity contribution is -0.120. The van der Waals surface area contributed by atoms with Crippen molar-refractivity contribution in [3.05, 3.63) is 0 Å². The number of aliphatic hydroxyl groups is 1. The van der Waals surface area contributed by atoms with E-state index in [4.69, 9.17) is 0 Å². The number of hydrogen-bond donors (Lipinski definition) is 1. The van der Waals surface area contributed by atoms with Crippen LogP contribution < -0.4 is 0 Å². The van der Waals surface area contributed by atoms with Crippen molar-refractivity contribution in [3.63, 3.8) is 0 Å². The van der Waals surface area contributed by atoms with Gasteiger partial charge in [0.25, 0.3) is 0 Å². The quantitative estimate of drug-likeness (QED) is 0.716.